The fraction of sp³-hybridized carbons (Fsp3) is 0.727. The van der Waals surface area contributed by atoms with Crippen LogP contribution in [-0.2, 0) is 10.0 Å². The Morgan fingerprint density at radius 1 is 1.41 bits per heavy atom. The molecule has 1 aliphatic rings. The van der Waals surface area contributed by atoms with Crippen molar-refractivity contribution in [3.8, 4) is 0 Å². The molecule has 1 saturated carbocycles. The number of hydrogen-bond acceptors (Lipinski definition) is 3. The smallest absolute Gasteiger partial charge is 0.257 e. The van der Waals surface area contributed by atoms with Crippen LogP contribution in [-0.4, -0.2) is 18.0 Å². The minimum Gasteiger partial charge on any atom is -0.330 e. The molecule has 1 aromatic rings. The highest BCUT2D eigenvalue weighted by molar-refractivity contribution is 7.89. The second-order valence-electron chi connectivity index (χ2n) is 4.98. The van der Waals surface area contributed by atoms with E-state index in [1.165, 1.54) is 12.8 Å². The van der Waals surface area contributed by atoms with E-state index in [0.717, 1.165) is 18.7 Å². The van der Waals surface area contributed by atoms with Crippen molar-refractivity contribution in [1.29, 1.82) is 0 Å². The highest BCUT2D eigenvalue weighted by Crippen LogP contribution is 2.32. The van der Waals surface area contributed by atoms with Gasteiger partial charge in [-0.2, -0.15) is 0 Å². The van der Waals surface area contributed by atoms with Gasteiger partial charge in [-0.25, -0.2) is 18.5 Å². The Labute approximate surface area is 102 Å². The number of sulfonamides is 1. The lowest BCUT2D eigenvalue weighted by molar-refractivity contribution is 0.486. The molecule has 0 aromatic carbocycles. The van der Waals surface area contributed by atoms with Crippen LogP contribution in [0.4, 0.5) is 0 Å². The lowest BCUT2D eigenvalue weighted by Crippen LogP contribution is -2.12. The summed E-state index contributed by atoms with van der Waals surface area (Å²) < 4.78 is 24.7. The summed E-state index contributed by atoms with van der Waals surface area (Å²) in [5, 5.41) is 5.13. The third-order valence-corrected chi connectivity index (χ3v) is 4.04. The SMILES string of the molecule is CC(C)c1nc(S(N)(=O)=O)cn1C1CCCC1. The molecule has 0 unspecified atom stereocenters. The summed E-state index contributed by atoms with van der Waals surface area (Å²) in [4.78, 5) is 4.18. The van der Waals surface area contributed by atoms with Gasteiger partial charge in [0.05, 0.1) is 0 Å². The first-order valence-corrected chi connectivity index (χ1v) is 7.56. The maximum Gasteiger partial charge on any atom is 0.257 e. The first-order chi connectivity index (χ1) is 7.89. The molecule has 2 N–H and O–H groups in total. The molecule has 1 aromatic heterocycles. The van der Waals surface area contributed by atoms with Gasteiger partial charge in [0.15, 0.2) is 5.03 Å². The molecular formula is C11H19N3O2S. The molecule has 1 heterocycles. The summed E-state index contributed by atoms with van der Waals surface area (Å²) in [6.45, 7) is 4.03. The van der Waals surface area contributed by atoms with Gasteiger partial charge in [0.1, 0.15) is 5.82 Å². The van der Waals surface area contributed by atoms with Crippen LogP contribution in [0.3, 0.4) is 0 Å². The van der Waals surface area contributed by atoms with Crippen molar-refractivity contribution in [2.75, 3.05) is 0 Å². The third-order valence-electron chi connectivity index (χ3n) is 3.26. The van der Waals surface area contributed by atoms with Gasteiger partial charge in [0.2, 0.25) is 0 Å². The molecule has 0 radical (unpaired) electrons. The standard InChI is InChI=1S/C11H19N3O2S/c1-8(2)11-13-10(17(12,15)16)7-14(11)9-5-3-4-6-9/h7-9H,3-6H2,1-2H3,(H2,12,15,16). The zero-order chi connectivity index (χ0) is 12.6. The van der Waals surface area contributed by atoms with Crippen LogP contribution in [0, 0.1) is 0 Å². The van der Waals surface area contributed by atoms with Crippen LogP contribution in [0.15, 0.2) is 11.2 Å². The molecule has 0 aliphatic heterocycles. The summed E-state index contributed by atoms with van der Waals surface area (Å²) in [6.07, 6.45) is 6.19. The van der Waals surface area contributed by atoms with Crippen molar-refractivity contribution < 1.29 is 8.42 Å². The maximum atomic E-state index is 11.3. The predicted octanol–water partition coefficient (Wildman–Crippen LogP) is 1.77. The summed E-state index contributed by atoms with van der Waals surface area (Å²) in [5.74, 6) is 1.02. The Kier molecular flexibility index (Phi) is 3.27. The molecule has 0 atom stereocenters. The quantitative estimate of drug-likeness (QED) is 0.896. The number of nitrogens with zero attached hydrogens (tertiary/aromatic N) is 2. The number of primary sulfonamides is 1. The lowest BCUT2D eigenvalue weighted by Gasteiger charge is -2.16. The van der Waals surface area contributed by atoms with Crippen molar-refractivity contribution >= 4 is 10.0 Å². The molecule has 0 saturated heterocycles. The van der Waals surface area contributed by atoms with Crippen LogP contribution < -0.4 is 5.14 Å². The Hall–Kier alpha value is -0.880. The van der Waals surface area contributed by atoms with Crippen molar-refractivity contribution in [2.45, 2.75) is 56.5 Å². The van der Waals surface area contributed by atoms with Gasteiger partial charge in [-0.3, -0.25) is 0 Å². The van der Waals surface area contributed by atoms with Gasteiger partial charge in [-0.1, -0.05) is 26.7 Å². The molecule has 0 spiro atoms. The minimum absolute atomic E-state index is 0.00639. The van der Waals surface area contributed by atoms with Crippen molar-refractivity contribution in [3.63, 3.8) is 0 Å². The number of hydrogen-bond donors (Lipinski definition) is 1. The summed E-state index contributed by atoms with van der Waals surface area (Å²) in [6, 6.07) is 0.385. The van der Waals surface area contributed by atoms with Crippen molar-refractivity contribution in [2.24, 2.45) is 5.14 Å². The molecule has 0 bridgehead atoms. The normalized spacial score (nSPS) is 18.1. The fourth-order valence-corrected chi connectivity index (χ4v) is 2.91. The summed E-state index contributed by atoms with van der Waals surface area (Å²) in [7, 11) is -3.70. The van der Waals surface area contributed by atoms with Gasteiger partial charge in [-0.05, 0) is 12.8 Å². The van der Waals surface area contributed by atoms with E-state index in [4.69, 9.17) is 5.14 Å². The molecular weight excluding hydrogens is 238 g/mol. The van der Waals surface area contributed by atoms with Crippen LogP contribution >= 0.6 is 0 Å². The molecule has 17 heavy (non-hydrogen) atoms. The van der Waals surface area contributed by atoms with E-state index < -0.39 is 10.0 Å². The zero-order valence-corrected chi connectivity index (χ0v) is 11.1. The van der Waals surface area contributed by atoms with E-state index in [0.29, 0.717) is 6.04 Å². The van der Waals surface area contributed by atoms with E-state index >= 15 is 0 Å². The van der Waals surface area contributed by atoms with E-state index in [1.807, 2.05) is 18.4 Å². The zero-order valence-electron chi connectivity index (χ0n) is 10.3. The van der Waals surface area contributed by atoms with Gasteiger partial charge in [-0.15, -0.1) is 0 Å². The molecule has 1 aliphatic carbocycles. The van der Waals surface area contributed by atoms with Crippen molar-refractivity contribution in [1.82, 2.24) is 9.55 Å². The number of nitrogens with two attached hydrogens (primary N) is 1. The molecule has 1 fully saturated rings. The average molecular weight is 257 g/mol. The molecule has 0 amide bonds. The predicted molar refractivity (Wildman–Crippen MR) is 65.2 cm³/mol. The molecule has 96 valence electrons. The average Bonchev–Trinajstić information content (AvgIpc) is 2.85. The maximum absolute atomic E-state index is 11.3. The first-order valence-electron chi connectivity index (χ1n) is 6.01. The fourth-order valence-electron chi connectivity index (χ4n) is 2.42. The Balaban J connectivity index is 2.45. The highest BCUT2D eigenvalue weighted by atomic mass is 32.2. The lowest BCUT2D eigenvalue weighted by atomic mass is 10.2. The monoisotopic (exact) mass is 257 g/mol. The number of aromatic nitrogens is 2. The minimum atomic E-state index is -3.70. The summed E-state index contributed by atoms with van der Waals surface area (Å²) >= 11 is 0. The summed E-state index contributed by atoms with van der Waals surface area (Å²) in [5.41, 5.74) is 0. The van der Waals surface area contributed by atoms with E-state index in [9.17, 15) is 8.42 Å². The highest BCUT2D eigenvalue weighted by Gasteiger charge is 2.24. The first kappa shape index (κ1) is 12.6. The topological polar surface area (TPSA) is 78.0 Å². The van der Waals surface area contributed by atoms with E-state index in [1.54, 1.807) is 6.20 Å². The molecule has 6 heteroatoms. The van der Waals surface area contributed by atoms with Crippen LogP contribution in [0.25, 0.3) is 0 Å². The van der Waals surface area contributed by atoms with Crippen LogP contribution in [0.2, 0.25) is 0 Å². The van der Waals surface area contributed by atoms with E-state index in [-0.39, 0.29) is 10.9 Å². The largest absolute Gasteiger partial charge is 0.330 e. The number of rotatable bonds is 3. The Morgan fingerprint density at radius 3 is 2.47 bits per heavy atom. The third kappa shape index (κ3) is 2.52. The number of imidazole rings is 1. The second-order valence-corrected chi connectivity index (χ2v) is 6.49. The van der Waals surface area contributed by atoms with Gasteiger partial charge >= 0.3 is 0 Å². The second kappa shape index (κ2) is 4.42. The molecule has 5 nitrogen and oxygen atoms in total. The van der Waals surface area contributed by atoms with Crippen molar-refractivity contribution in [3.05, 3.63) is 12.0 Å². The Bertz CT molecular complexity index is 499. The van der Waals surface area contributed by atoms with Crippen LogP contribution in [0.5, 0.6) is 0 Å². The van der Waals surface area contributed by atoms with Gasteiger partial charge < -0.3 is 4.57 Å². The molecule has 2 rings (SSSR count). The van der Waals surface area contributed by atoms with E-state index in [2.05, 4.69) is 4.98 Å². The Morgan fingerprint density at radius 2 is 2.00 bits per heavy atom. The van der Waals surface area contributed by atoms with Gasteiger partial charge in [0.25, 0.3) is 10.0 Å². The van der Waals surface area contributed by atoms with Gasteiger partial charge in [0, 0.05) is 18.2 Å². The van der Waals surface area contributed by atoms with Crippen LogP contribution in [0.1, 0.15) is 57.3 Å².